The molecule has 0 saturated carbocycles. The highest BCUT2D eigenvalue weighted by molar-refractivity contribution is 6.33. The van der Waals surface area contributed by atoms with Crippen molar-refractivity contribution in [3.05, 3.63) is 58.1 Å². The van der Waals surface area contributed by atoms with Gasteiger partial charge >= 0.3 is 0 Å². The first-order valence-electron chi connectivity index (χ1n) is 9.97. The van der Waals surface area contributed by atoms with E-state index in [-0.39, 0.29) is 16.9 Å². The first kappa shape index (κ1) is 21.2. The largest absolute Gasteiger partial charge is 0.507 e. The maximum Gasteiger partial charge on any atom is 0.275 e. The van der Waals surface area contributed by atoms with Crippen molar-refractivity contribution in [2.45, 2.75) is 52.0 Å². The molecule has 2 N–H and O–H groups in total. The van der Waals surface area contributed by atoms with Crippen LogP contribution in [0.4, 0.5) is 5.69 Å². The Morgan fingerprint density at radius 2 is 2.10 bits per heavy atom. The summed E-state index contributed by atoms with van der Waals surface area (Å²) in [6.45, 7) is 9.95. The topological polar surface area (TPSA) is 64.9 Å². The lowest BCUT2D eigenvalue weighted by Gasteiger charge is -2.47. The molecule has 5 nitrogen and oxygen atoms in total. The molecule has 1 atom stereocenters. The average Bonchev–Trinajstić information content (AvgIpc) is 2.66. The number of hydrazone groups is 1. The van der Waals surface area contributed by atoms with Gasteiger partial charge < -0.3 is 10.0 Å². The van der Waals surface area contributed by atoms with Gasteiger partial charge in [0.2, 0.25) is 0 Å². The molecule has 1 aliphatic rings. The van der Waals surface area contributed by atoms with Crippen LogP contribution in [0.25, 0.3) is 0 Å². The molecule has 0 fully saturated rings. The fourth-order valence-corrected chi connectivity index (χ4v) is 4.36. The third-order valence-electron chi connectivity index (χ3n) is 5.47. The summed E-state index contributed by atoms with van der Waals surface area (Å²) in [4.78, 5) is 14.6. The van der Waals surface area contributed by atoms with Crippen LogP contribution in [0.1, 0.15) is 67.9 Å². The monoisotopic (exact) mass is 413 g/mol. The van der Waals surface area contributed by atoms with Crippen LogP contribution in [0.5, 0.6) is 5.75 Å². The number of para-hydroxylation sites is 1. The normalized spacial score (nSPS) is 18.0. The van der Waals surface area contributed by atoms with E-state index >= 15 is 0 Å². The molecule has 0 aromatic heterocycles. The molecule has 1 unspecified atom stereocenters. The number of carbonyl (C=O) groups is 1. The number of benzene rings is 2. The summed E-state index contributed by atoms with van der Waals surface area (Å²) < 4.78 is 0. The Morgan fingerprint density at radius 1 is 1.38 bits per heavy atom. The van der Waals surface area contributed by atoms with E-state index in [1.54, 1.807) is 18.3 Å². The molecule has 0 radical (unpaired) electrons. The van der Waals surface area contributed by atoms with E-state index in [9.17, 15) is 9.90 Å². The molecule has 0 saturated heterocycles. The van der Waals surface area contributed by atoms with Gasteiger partial charge in [0.05, 0.1) is 16.8 Å². The number of rotatable bonds is 5. The van der Waals surface area contributed by atoms with E-state index in [0.29, 0.717) is 10.9 Å². The lowest BCUT2D eigenvalue weighted by molar-refractivity contribution is 0.0952. The van der Waals surface area contributed by atoms with Gasteiger partial charge in [-0.15, -0.1) is 0 Å². The van der Waals surface area contributed by atoms with Gasteiger partial charge in [0, 0.05) is 23.3 Å². The number of phenolic OH excluding ortho intramolecular Hbond substituents is 1. The maximum atomic E-state index is 12.2. The van der Waals surface area contributed by atoms with Crippen molar-refractivity contribution in [1.29, 1.82) is 0 Å². The Kier molecular flexibility index (Phi) is 6.18. The highest BCUT2D eigenvalue weighted by Gasteiger charge is 2.36. The van der Waals surface area contributed by atoms with E-state index in [2.05, 4.69) is 49.2 Å². The zero-order chi connectivity index (χ0) is 21.2. The third-order valence-corrected chi connectivity index (χ3v) is 5.80. The van der Waals surface area contributed by atoms with Gasteiger partial charge in [-0.2, -0.15) is 5.10 Å². The number of aromatic hydroxyl groups is 1. The number of fused-ring (bicyclic) bond motifs is 1. The molecule has 29 heavy (non-hydrogen) atoms. The number of anilines is 1. The Morgan fingerprint density at radius 3 is 2.79 bits per heavy atom. The van der Waals surface area contributed by atoms with Crippen molar-refractivity contribution in [3.63, 3.8) is 0 Å². The van der Waals surface area contributed by atoms with Gasteiger partial charge in [-0.3, -0.25) is 4.79 Å². The molecule has 0 bridgehead atoms. The number of nitrogens with zero attached hydrogens (tertiary/aromatic N) is 2. The second-order valence-corrected chi connectivity index (χ2v) is 8.63. The van der Waals surface area contributed by atoms with Gasteiger partial charge in [0.15, 0.2) is 0 Å². The second-order valence-electron chi connectivity index (χ2n) is 8.22. The number of phenols is 1. The predicted molar refractivity (Wildman–Crippen MR) is 119 cm³/mol. The predicted octanol–water partition coefficient (Wildman–Crippen LogP) is 5.31. The first-order chi connectivity index (χ1) is 13.7. The molecule has 6 heteroatoms. The minimum absolute atomic E-state index is 0.0764. The number of nitrogens with one attached hydrogen (secondary N) is 1. The molecule has 0 spiro atoms. The molecule has 2 aromatic carbocycles. The molecule has 154 valence electrons. The molecule has 1 amide bonds. The van der Waals surface area contributed by atoms with Gasteiger partial charge in [0.1, 0.15) is 5.75 Å². The SMILES string of the molecule is CCCN1c2cc(Cl)c(/C=N/NC(=O)c3ccccc3O)cc2C(C)CC1(C)C. The molecule has 1 heterocycles. The minimum atomic E-state index is -0.474. The van der Waals surface area contributed by atoms with Crippen molar-refractivity contribution < 1.29 is 9.90 Å². The van der Waals surface area contributed by atoms with Crippen LogP contribution in [-0.2, 0) is 0 Å². The second kappa shape index (κ2) is 8.46. The summed E-state index contributed by atoms with van der Waals surface area (Å²) in [6, 6.07) is 10.4. The summed E-state index contributed by atoms with van der Waals surface area (Å²) in [7, 11) is 0. The van der Waals surface area contributed by atoms with E-state index < -0.39 is 5.91 Å². The van der Waals surface area contributed by atoms with Crippen molar-refractivity contribution >= 4 is 29.4 Å². The number of hydrogen-bond acceptors (Lipinski definition) is 4. The number of hydrogen-bond donors (Lipinski definition) is 2. The van der Waals surface area contributed by atoms with E-state index in [1.807, 2.05) is 6.07 Å². The lowest BCUT2D eigenvalue weighted by atomic mass is 9.79. The van der Waals surface area contributed by atoms with Crippen molar-refractivity contribution in [1.82, 2.24) is 5.43 Å². The highest BCUT2D eigenvalue weighted by atomic mass is 35.5. The van der Waals surface area contributed by atoms with Crippen LogP contribution >= 0.6 is 11.6 Å². The van der Waals surface area contributed by atoms with Crippen LogP contribution < -0.4 is 10.3 Å². The molecular formula is C23H28ClN3O2. The summed E-state index contributed by atoms with van der Waals surface area (Å²) in [5.74, 6) is -0.162. The molecule has 0 aliphatic carbocycles. The standard InChI is InChI=1S/C23H28ClN3O2/c1-5-10-27-20-12-19(24)16(11-18(20)15(2)13-23(27,3)4)14-25-26-22(29)17-8-6-7-9-21(17)28/h6-9,11-12,14-15,28H,5,10,13H2,1-4H3,(H,26,29)/b25-14+. The average molecular weight is 414 g/mol. The number of halogens is 1. The van der Waals surface area contributed by atoms with Crippen molar-refractivity contribution in [2.75, 3.05) is 11.4 Å². The van der Waals surface area contributed by atoms with Gasteiger partial charge in [-0.05, 0) is 62.4 Å². The van der Waals surface area contributed by atoms with E-state index in [0.717, 1.165) is 24.9 Å². The highest BCUT2D eigenvalue weighted by Crippen LogP contribution is 2.45. The maximum absolute atomic E-state index is 12.2. The molecule has 3 rings (SSSR count). The van der Waals surface area contributed by atoms with Crippen molar-refractivity contribution in [3.8, 4) is 5.75 Å². The zero-order valence-electron chi connectivity index (χ0n) is 17.4. The summed E-state index contributed by atoms with van der Waals surface area (Å²) in [5.41, 5.74) is 5.88. The lowest BCUT2D eigenvalue weighted by Crippen LogP contribution is -2.48. The number of carbonyl (C=O) groups excluding carboxylic acids is 1. The summed E-state index contributed by atoms with van der Waals surface area (Å²) >= 11 is 6.55. The van der Waals surface area contributed by atoms with Gasteiger partial charge in [-0.25, -0.2) is 5.43 Å². The smallest absolute Gasteiger partial charge is 0.275 e. The first-order valence-corrected chi connectivity index (χ1v) is 10.3. The Bertz CT molecular complexity index is 940. The fourth-order valence-electron chi connectivity index (χ4n) is 4.15. The van der Waals surface area contributed by atoms with Crippen LogP contribution in [0, 0.1) is 0 Å². The summed E-state index contributed by atoms with van der Waals surface area (Å²) in [5, 5.41) is 14.4. The zero-order valence-corrected chi connectivity index (χ0v) is 18.1. The van der Waals surface area contributed by atoms with Crippen LogP contribution in [0.15, 0.2) is 41.5 Å². The van der Waals surface area contributed by atoms with Crippen LogP contribution in [-0.4, -0.2) is 29.3 Å². The van der Waals surface area contributed by atoms with Gasteiger partial charge in [0.25, 0.3) is 5.91 Å². The molecular weight excluding hydrogens is 386 g/mol. The third kappa shape index (κ3) is 4.40. The Hall–Kier alpha value is -2.53. The van der Waals surface area contributed by atoms with Crippen LogP contribution in [0.2, 0.25) is 5.02 Å². The Labute approximate surface area is 177 Å². The Balaban J connectivity index is 1.85. The summed E-state index contributed by atoms with van der Waals surface area (Å²) in [6.07, 6.45) is 3.68. The minimum Gasteiger partial charge on any atom is -0.507 e. The molecule has 2 aromatic rings. The molecule has 1 aliphatic heterocycles. The quantitative estimate of drug-likeness (QED) is 0.515. The fraction of sp³-hybridized carbons (Fsp3) is 0.391. The van der Waals surface area contributed by atoms with Crippen molar-refractivity contribution in [2.24, 2.45) is 5.10 Å². The van der Waals surface area contributed by atoms with E-state index in [1.165, 1.54) is 23.4 Å². The number of amides is 1. The van der Waals surface area contributed by atoms with E-state index in [4.69, 9.17) is 11.6 Å². The van der Waals surface area contributed by atoms with Crippen LogP contribution in [0.3, 0.4) is 0 Å². The van der Waals surface area contributed by atoms with Gasteiger partial charge in [-0.1, -0.05) is 37.6 Å².